The summed E-state index contributed by atoms with van der Waals surface area (Å²) >= 11 is 1.27. The van der Waals surface area contributed by atoms with Crippen LogP contribution in [-0.4, -0.2) is 48.7 Å². The van der Waals surface area contributed by atoms with Crippen molar-refractivity contribution in [2.24, 2.45) is 0 Å². The van der Waals surface area contributed by atoms with Crippen molar-refractivity contribution < 1.29 is 33.6 Å². The van der Waals surface area contributed by atoms with Crippen molar-refractivity contribution in [2.45, 2.75) is 46.1 Å². The summed E-state index contributed by atoms with van der Waals surface area (Å²) in [4.78, 5) is 33.5. The van der Waals surface area contributed by atoms with Crippen LogP contribution >= 0.6 is 11.3 Å². The maximum absolute atomic E-state index is 13.7. The zero-order valence-electron chi connectivity index (χ0n) is 25.3. The third kappa shape index (κ3) is 6.21. The summed E-state index contributed by atoms with van der Waals surface area (Å²) in [6.45, 7) is 7.60. The van der Waals surface area contributed by atoms with E-state index >= 15 is 0 Å². The second kappa shape index (κ2) is 13.8. The number of nitrogens with zero attached hydrogens (tertiary/aromatic N) is 2. The molecule has 9 nitrogen and oxygen atoms in total. The van der Waals surface area contributed by atoms with Gasteiger partial charge in [-0.2, -0.15) is 0 Å². The number of ether oxygens (including phenoxy) is 4. The zero-order valence-corrected chi connectivity index (χ0v) is 26.1. The second-order valence-electron chi connectivity index (χ2n) is 10.2. The summed E-state index contributed by atoms with van der Waals surface area (Å²) < 4.78 is 23.7. The standard InChI is InChI=1S/C34H36N2O7S/c1-5-8-18-43-26-16-11-22(19-27(26)40-4)30-29(31(37)21-9-12-23(13-10-21)42-17-6-2)32(38)33(39)36(30)34-35-25-15-14-24(41-7-3)20-28(25)44-34/h9-16,19-20,30,37H,5-8,17-18H2,1-4H3/b31-29+. The number of unbranched alkanes of at least 4 members (excludes halogenated alkanes) is 1. The average Bonchev–Trinajstić information content (AvgIpc) is 3.57. The molecular formula is C34H36N2O7S. The fourth-order valence-corrected chi connectivity index (χ4v) is 6.00. The van der Waals surface area contributed by atoms with Gasteiger partial charge in [-0.3, -0.25) is 14.5 Å². The molecule has 10 heteroatoms. The smallest absolute Gasteiger partial charge is 0.301 e. The van der Waals surface area contributed by atoms with Gasteiger partial charge in [0, 0.05) is 5.56 Å². The summed E-state index contributed by atoms with van der Waals surface area (Å²) in [5.74, 6) is 0.439. The fraction of sp³-hybridized carbons (Fsp3) is 0.324. The Kier molecular flexibility index (Phi) is 9.69. The summed E-state index contributed by atoms with van der Waals surface area (Å²) in [7, 11) is 1.54. The maximum atomic E-state index is 13.7. The molecule has 1 N–H and O–H groups in total. The summed E-state index contributed by atoms with van der Waals surface area (Å²) in [6, 6.07) is 16.6. The largest absolute Gasteiger partial charge is 0.507 e. The van der Waals surface area contributed by atoms with Crippen LogP contribution in [0.3, 0.4) is 0 Å². The quantitative estimate of drug-likeness (QED) is 0.0722. The Bertz CT molecular complexity index is 1680. The van der Waals surface area contributed by atoms with Gasteiger partial charge in [-0.15, -0.1) is 0 Å². The number of aromatic nitrogens is 1. The van der Waals surface area contributed by atoms with Gasteiger partial charge in [0.05, 0.1) is 48.8 Å². The molecule has 4 aromatic rings. The lowest BCUT2D eigenvalue weighted by Gasteiger charge is -2.24. The molecule has 1 aromatic heterocycles. The van der Waals surface area contributed by atoms with Crippen LogP contribution in [0.1, 0.15) is 57.2 Å². The molecule has 44 heavy (non-hydrogen) atoms. The van der Waals surface area contributed by atoms with Crippen molar-refractivity contribution in [2.75, 3.05) is 31.8 Å². The van der Waals surface area contributed by atoms with Crippen LogP contribution in [0.15, 0.2) is 66.2 Å². The van der Waals surface area contributed by atoms with Crippen LogP contribution in [-0.2, 0) is 9.59 Å². The Balaban J connectivity index is 1.63. The number of ketones is 1. The molecule has 0 bridgehead atoms. The van der Waals surface area contributed by atoms with Crippen LogP contribution in [0.4, 0.5) is 5.13 Å². The lowest BCUT2D eigenvalue weighted by molar-refractivity contribution is -0.132. The normalized spacial score (nSPS) is 16.0. The van der Waals surface area contributed by atoms with E-state index in [2.05, 4.69) is 6.92 Å². The first-order valence-corrected chi connectivity index (χ1v) is 15.6. The van der Waals surface area contributed by atoms with E-state index in [0.717, 1.165) is 24.0 Å². The number of Topliss-reactive ketones (excluding diaryl/α,β-unsaturated/α-hetero) is 1. The first-order chi connectivity index (χ1) is 21.4. The van der Waals surface area contributed by atoms with Crippen molar-refractivity contribution >= 4 is 44.1 Å². The van der Waals surface area contributed by atoms with E-state index in [0.29, 0.717) is 64.6 Å². The number of carbonyl (C=O) groups excluding carboxylic acids is 2. The molecule has 1 atom stereocenters. The number of anilines is 1. The van der Waals surface area contributed by atoms with E-state index in [1.165, 1.54) is 23.3 Å². The lowest BCUT2D eigenvalue weighted by atomic mass is 9.95. The summed E-state index contributed by atoms with van der Waals surface area (Å²) in [5, 5.41) is 11.9. The Morgan fingerprint density at radius 2 is 1.66 bits per heavy atom. The number of aliphatic hydroxyl groups is 1. The topological polar surface area (TPSA) is 107 Å². The minimum atomic E-state index is -0.975. The van der Waals surface area contributed by atoms with Crippen molar-refractivity contribution in [1.82, 2.24) is 4.98 Å². The van der Waals surface area contributed by atoms with Gasteiger partial charge in [0.15, 0.2) is 16.6 Å². The monoisotopic (exact) mass is 616 g/mol. The summed E-state index contributed by atoms with van der Waals surface area (Å²) in [6.07, 6.45) is 2.72. The first kappa shape index (κ1) is 30.9. The van der Waals surface area contributed by atoms with Gasteiger partial charge in [0.2, 0.25) is 0 Å². The molecule has 2 heterocycles. The van der Waals surface area contributed by atoms with E-state index in [-0.39, 0.29) is 11.3 Å². The minimum absolute atomic E-state index is 0.0480. The molecule has 0 radical (unpaired) electrons. The number of aliphatic hydroxyl groups excluding tert-OH is 1. The second-order valence-corrected chi connectivity index (χ2v) is 11.2. The molecule has 0 saturated carbocycles. The molecule has 1 aliphatic heterocycles. The molecule has 0 aliphatic carbocycles. The molecule has 1 amide bonds. The van der Waals surface area contributed by atoms with E-state index in [4.69, 9.17) is 23.9 Å². The molecule has 1 aliphatic rings. The third-order valence-electron chi connectivity index (χ3n) is 7.17. The molecule has 1 saturated heterocycles. The van der Waals surface area contributed by atoms with Gasteiger partial charge >= 0.3 is 5.91 Å². The predicted octanol–water partition coefficient (Wildman–Crippen LogP) is 7.30. The number of methoxy groups -OCH3 is 1. The van der Waals surface area contributed by atoms with E-state index in [1.54, 1.807) is 42.5 Å². The number of carbonyl (C=O) groups is 2. The lowest BCUT2D eigenvalue weighted by Crippen LogP contribution is -2.29. The highest BCUT2D eigenvalue weighted by Gasteiger charge is 2.48. The highest BCUT2D eigenvalue weighted by Crippen LogP contribution is 2.46. The molecule has 0 spiro atoms. The van der Waals surface area contributed by atoms with Crippen LogP contribution in [0.25, 0.3) is 16.0 Å². The van der Waals surface area contributed by atoms with Crippen molar-refractivity contribution in [3.63, 3.8) is 0 Å². The minimum Gasteiger partial charge on any atom is -0.507 e. The predicted molar refractivity (Wildman–Crippen MR) is 171 cm³/mol. The van der Waals surface area contributed by atoms with Gasteiger partial charge in [-0.05, 0) is 79.9 Å². The van der Waals surface area contributed by atoms with Crippen molar-refractivity contribution in [1.29, 1.82) is 0 Å². The Morgan fingerprint density at radius 3 is 2.36 bits per heavy atom. The average molecular weight is 617 g/mol. The number of fused-ring (bicyclic) bond motifs is 1. The van der Waals surface area contributed by atoms with Crippen LogP contribution in [0.2, 0.25) is 0 Å². The van der Waals surface area contributed by atoms with Crippen LogP contribution in [0.5, 0.6) is 23.0 Å². The van der Waals surface area contributed by atoms with Gasteiger partial charge in [-0.1, -0.05) is 37.7 Å². The molecule has 1 unspecified atom stereocenters. The number of thiazole rings is 1. The van der Waals surface area contributed by atoms with Crippen LogP contribution in [0, 0.1) is 0 Å². The Labute approximate surface area is 260 Å². The zero-order chi connectivity index (χ0) is 31.2. The maximum Gasteiger partial charge on any atom is 0.301 e. The van der Waals surface area contributed by atoms with Crippen LogP contribution < -0.4 is 23.8 Å². The molecule has 1 fully saturated rings. The first-order valence-electron chi connectivity index (χ1n) is 14.8. The van der Waals surface area contributed by atoms with Crippen molar-refractivity contribution in [3.05, 3.63) is 77.4 Å². The third-order valence-corrected chi connectivity index (χ3v) is 8.19. The summed E-state index contributed by atoms with van der Waals surface area (Å²) in [5.41, 5.74) is 1.55. The van der Waals surface area contributed by atoms with E-state index in [9.17, 15) is 14.7 Å². The molecule has 3 aromatic carbocycles. The molecule has 230 valence electrons. The van der Waals surface area contributed by atoms with Gasteiger partial charge in [-0.25, -0.2) is 4.98 Å². The number of benzene rings is 3. The van der Waals surface area contributed by atoms with Gasteiger partial charge in [0.25, 0.3) is 5.78 Å². The number of rotatable bonds is 13. The SMILES string of the molecule is CCCCOc1ccc(C2/C(=C(\O)c3ccc(OCCC)cc3)C(=O)C(=O)N2c2nc3ccc(OCC)cc3s2)cc1OC. The van der Waals surface area contributed by atoms with Gasteiger partial charge in [0.1, 0.15) is 17.3 Å². The van der Waals surface area contributed by atoms with E-state index < -0.39 is 17.7 Å². The Morgan fingerprint density at radius 1 is 0.886 bits per heavy atom. The van der Waals surface area contributed by atoms with Crippen molar-refractivity contribution in [3.8, 4) is 23.0 Å². The molecular weight excluding hydrogens is 580 g/mol. The Hall–Kier alpha value is -4.57. The fourth-order valence-electron chi connectivity index (χ4n) is 4.98. The number of hydrogen-bond donors (Lipinski definition) is 1. The number of hydrogen-bond acceptors (Lipinski definition) is 9. The van der Waals surface area contributed by atoms with E-state index in [1.807, 2.05) is 32.0 Å². The van der Waals surface area contributed by atoms with Gasteiger partial charge < -0.3 is 24.1 Å². The molecule has 5 rings (SSSR count). The number of amides is 1. The highest BCUT2D eigenvalue weighted by molar-refractivity contribution is 7.22. The highest BCUT2D eigenvalue weighted by atomic mass is 32.1.